The van der Waals surface area contributed by atoms with Crippen LogP contribution in [0.3, 0.4) is 0 Å². The molecule has 0 radical (unpaired) electrons. The molecule has 0 amide bonds. The van der Waals surface area contributed by atoms with Crippen LogP contribution in [0.25, 0.3) is 0 Å². The van der Waals surface area contributed by atoms with Crippen LogP contribution in [0.15, 0.2) is 33.6 Å². The third-order valence-electron chi connectivity index (χ3n) is 3.31. The molecule has 1 fully saturated rings. The van der Waals surface area contributed by atoms with Crippen molar-refractivity contribution in [3.8, 4) is 0 Å². The maximum absolute atomic E-state index is 12.4. The van der Waals surface area contributed by atoms with E-state index in [0.29, 0.717) is 4.90 Å². The molecule has 0 atom stereocenters. The Labute approximate surface area is 129 Å². The molecule has 108 valence electrons. The Bertz CT molecular complexity index is 501. The molecule has 1 aliphatic heterocycles. The first-order valence-corrected chi connectivity index (χ1v) is 8.19. The Balaban J connectivity index is 0.00000180. The summed E-state index contributed by atoms with van der Waals surface area (Å²) in [5.74, 6) is 0. The highest BCUT2D eigenvalue weighted by molar-refractivity contribution is 9.10. The standard InChI is InChI=1S/C12H17BrN2O2S.ClH/c1-15(11-6-8-14-9-7-11)18(16,17)12-4-2-10(13)3-5-12;/h2-5,11,14H,6-9H2,1H3;1H. The molecule has 4 nitrogen and oxygen atoms in total. The number of piperidine rings is 1. The molecule has 7 heteroatoms. The van der Waals surface area contributed by atoms with Gasteiger partial charge in [0.2, 0.25) is 10.0 Å². The first-order chi connectivity index (χ1) is 8.51. The van der Waals surface area contributed by atoms with Crippen molar-refractivity contribution in [2.75, 3.05) is 20.1 Å². The molecule has 0 aliphatic carbocycles. The number of rotatable bonds is 3. The maximum atomic E-state index is 12.4. The molecule has 1 saturated heterocycles. The monoisotopic (exact) mass is 368 g/mol. The Kier molecular flexibility index (Phi) is 6.26. The van der Waals surface area contributed by atoms with Crippen LogP contribution < -0.4 is 5.32 Å². The van der Waals surface area contributed by atoms with Crippen LogP contribution in [0.1, 0.15) is 12.8 Å². The second-order valence-corrected chi connectivity index (χ2v) is 7.37. The fourth-order valence-corrected chi connectivity index (χ4v) is 3.82. The first-order valence-electron chi connectivity index (χ1n) is 5.96. The van der Waals surface area contributed by atoms with Crippen molar-refractivity contribution in [1.82, 2.24) is 9.62 Å². The van der Waals surface area contributed by atoms with Gasteiger partial charge >= 0.3 is 0 Å². The average Bonchev–Trinajstić information content (AvgIpc) is 2.39. The molecule has 1 heterocycles. The second-order valence-electron chi connectivity index (χ2n) is 4.46. The van der Waals surface area contributed by atoms with E-state index < -0.39 is 10.0 Å². The quantitative estimate of drug-likeness (QED) is 0.889. The average molecular weight is 370 g/mol. The number of hydrogen-bond acceptors (Lipinski definition) is 3. The lowest BCUT2D eigenvalue weighted by molar-refractivity contribution is 0.296. The molecule has 0 bridgehead atoms. The molecular weight excluding hydrogens is 352 g/mol. The lowest BCUT2D eigenvalue weighted by Gasteiger charge is -2.30. The summed E-state index contributed by atoms with van der Waals surface area (Å²) in [6.45, 7) is 1.76. The third-order valence-corrected chi connectivity index (χ3v) is 5.77. The van der Waals surface area contributed by atoms with Gasteiger partial charge in [0.15, 0.2) is 0 Å². The topological polar surface area (TPSA) is 49.4 Å². The van der Waals surface area contributed by atoms with Crippen molar-refractivity contribution >= 4 is 38.4 Å². The zero-order chi connectivity index (χ0) is 13.2. The van der Waals surface area contributed by atoms with Crippen molar-refractivity contribution in [1.29, 1.82) is 0 Å². The van der Waals surface area contributed by atoms with Gasteiger partial charge in [-0.05, 0) is 50.2 Å². The number of sulfonamides is 1. The van der Waals surface area contributed by atoms with E-state index in [9.17, 15) is 8.42 Å². The summed E-state index contributed by atoms with van der Waals surface area (Å²) in [5, 5.41) is 3.24. The van der Waals surface area contributed by atoms with Gasteiger partial charge < -0.3 is 5.32 Å². The molecule has 1 N–H and O–H groups in total. The van der Waals surface area contributed by atoms with E-state index in [1.165, 1.54) is 4.31 Å². The van der Waals surface area contributed by atoms with E-state index in [1.807, 2.05) is 0 Å². The van der Waals surface area contributed by atoms with Crippen LogP contribution in [-0.4, -0.2) is 38.9 Å². The zero-order valence-electron chi connectivity index (χ0n) is 10.7. The molecule has 0 unspecified atom stereocenters. The summed E-state index contributed by atoms with van der Waals surface area (Å²) in [6, 6.07) is 6.88. The third kappa shape index (κ3) is 3.92. The van der Waals surface area contributed by atoms with Gasteiger partial charge in [-0.3, -0.25) is 0 Å². The Hall–Kier alpha value is -0.140. The minimum atomic E-state index is -3.37. The smallest absolute Gasteiger partial charge is 0.243 e. The van der Waals surface area contributed by atoms with E-state index in [2.05, 4.69) is 21.2 Å². The Morgan fingerprint density at radius 1 is 1.21 bits per heavy atom. The minimum Gasteiger partial charge on any atom is -0.317 e. The normalized spacial score (nSPS) is 17.2. The first kappa shape index (κ1) is 16.9. The molecule has 19 heavy (non-hydrogen) atoms. The highest BCUT2D eigenvalue weighted by Gasteiger charge is 2.28. The van der Waals surface area contributed by atoms with Crippen LogP contribution in [-0.2, 0) is 10.0 Å². The molecule has 1 aromatic carbocycles. The lowest BCUT2D eigenvalue weighted by Crippen LogP contribution is -2.43. The van der Waals surface area contributed by atoms with E-state index in [-0.39, 0.29) is 18.4 Å². The van der Waals surface area contributed by atoms with Crippen LogP contribution in [0.5, 0.6) is 0 Å². The van der Waals surface area contributed by atoms with Crippen molar-refractivity contribution in [3.05, 3.63) is 28.7 Å². The number of halogens is 2. The van der Waals surface area contributed by atoms with E-state index in [1.54, 1.807) is 31.3 Å². The largest absolute Gasteiger partial charge is 0.317 e. The minimum absolute atomic E-state index is 0. The predicted molar refractivity (Wildman–Crippen MR) is 82.2 cm³/mol. The van der Waals surface area contributed by atoms with Crippen LogP contribution in [0, 0.1) is 0 Å². The summed E-state index contributed by atoms with van der Waals surface area (Å²) in [5.41, 5.74) is 0. The van der Waals surface area contributed by atoms with Gasteiger partial charge in [-0.15, -0.1) is 12.4 Å². The Morgan fingerprint density at radius 2 is 1.74 bits per heavy atom. The van der Waals surface area contributed by atoms with Crippen molar-refractivity contribution in [3.63, 3.8) is 0 Å². The lowest BCUT2D eigenvalue weighted by atomic mass is 10.1. The maximum Gasteiger partial charge on any atom is 0.243 e. The second kappa shape index (κ2) is 7.04. The summed E-state index contributed by atoms with van der Waals surface area (Å²) >= 11 is 3.31. The van der Waals surface area contributed by atoms with Gasteiger partial charge in [-0.1, -0.05) is 15.9 Å². The summed E-state index contributed by atoms with van der Waals surface area (Å²) in [6.07, 6.45) is 1.73. The number of hydrogen-bond donors (Lipinski definition) is 1. The molecule has 0 spiro atoms. The molecular formula is C12H18BrClN2O2S. The van der Waals surface area contributed by atoms with Gasteiger partial charge in [0.1, 0.15) is 0 Å². The molecule has 1 aliphatic rings. The van der Waals surface area contributed by atoms with Crippen molar-refractivity contribution in [2.45, 2.75) is 23.8 Å². The summed E-state index contributed by atoms with van der Waals surface area (Å²) in [7, 11) is -1.70. The summed E-state index contributed by atoms with van der Waals surface area (Å²) in [4.78, 5) is 0.353. The molecule has 0 saturated carbocycles. The summed E-state index contributed by atoms with van der Waals surface area (Å²) < 4.78 is 27.3. The number of nitrogens with one attached hydrogen (secondary N) is 1. The predicted octanol–water partition coefficient (Wildman–Crippen LogP) is 2.24. The van der Waals surface area contributed by atoms with Gasteiger partial charge in [-0.25, -0.2) is 8.42 Å². The SMILES string of the molecule is CN(C1CCNCC1)S(=O)(=O)c1ccc(Br)cc1.Cl. The van der Waals surface area contributed by atoms with Crippen molar-refractivity contribution < 1.29 is 8.42 Å². The van der Waals surface area contributed by atoms with Crippen molar-refractivity contribution in [2.24, 2.45) is 0 Å². The van der Waals surface area contributed by atoms with Gasteiger partial charge in [-0.2, -0.15) is 4.31 Å². The zero-order valence-corrected chi connectivity index (χ0v) is 13.9. The van der Waals surface area contributed by atoms with Gasteiger partial charge in [0.05, 0.1) is 4.90 Å². The highest BCUT2D eigenvalue weighted by atomic mass is 79.9. The fourth-order valence-electron chi connectivity index (χ4n) is 2.14. The van der Waals surface area contributed by atoms with E-state index in [0.717, 1.165) is 30.4 Å². The molecule has 2 rings (SSSR count). The highest BCUT2D eigenvalue weighted by Crippen LogP contribution is 2.22. The van der Waals surface area contributed by atoms with E-state index in [4.69, 9.17) is 0 Å². The number of nitrogens with zero attached hydrogens (tertiary/aromatic N) is 1. The van der Waals surface area contributed by atoms with E-state index >= 15 is 0 Å². The van der Waals surface area contributed by atoms with Gasteiger partial charge in [0.25, 0.3) is 0 Å². The van der Waals surface area contributed by atoms with Gasteiger partial charge in [0, 0.05) is 17.6 Å². The Morgan fingerprint density at radius 3 is 2.26 bits per heavy atom. The molecule has 1 aromatic rings. The van der Waals surface area contributed by atoms with Crippen LogP contribution in [0.2, 0.25) is 0 Å². The molecule has 0 aromatic heterocycles. The van der Waals surface area contributed by atoms with Crippen LogP contribution in [0.4, 0.5) is 0 Å². The van der Waals surface area contributed by atoms with Crippen LogP contribution >= 0.6 is 28.3 Å². The number of benzene rings is 1. The fraction of sp³-hybridized carbons (Fsp3) is 0.500.